The lowest BCUT2D eigenvalue weighted by atomic mass is 10.2. The Labute approximate surface area is 127 Å². The summed E-state index contributed by atoms with van der Waals surface area (Å²) >= 11 is 0. The Kier molecular flexibility index (Phi) is 3.60. The van der Waals surface area contributed by atoms with Crippen LogP contribution in [0.25, 0.3) is 16.6 Å². The van der Waals surface area contributed by atoms with E-state index < -0.39 is 11.6 Å². The fourth-order valence-corrected chi connectivity index (χ4v) is 2.56. The van der Waals surface area contributed by atoms with Gasteiger partial charge in [-0.15, -0.1) is 0 Å². The number of aromatic nitrogens is 2. The smallest absolute Gasteiger partial charge is 0.161 e. The lowest BCUT2D eigenvalue weighted by molar-refractivity contribution is 0.510. The molecule has 0 atom stereocenters. The second-order valence-electron chi connectivity index (χ2n) is 5.48. The number of imidazole rings is 1. The van der Waals surface area contributed by atoms with Gasteiger partial charge < -0.3 is 16.0 Å². The van der Waals surface area contributed by atoms with Crippen molar-refractivity contribution in [3.8, 4) is 0 Å². The maximum atomic E-state index is 13.5. The van der Waals surface area contributed by atoms with Crippen molar-refractivity contribution < 1.29 is 8.78 Å². The predicted octanol–water partition coefficient (Wildman–Crippen LogP) is 2.89. The lowest BCUT2D eigenvalue weighted by Gasteiger charge is -2.07. The molecule has 4 N–H and O–H groups in total. The molecule has 22 heavy (non-hydrogen) atoms. The van der Waals surface area contributed by atoms with E-state index in [-0.39, 0.29) is 0 Å². The molecular weight excluding hydrogens is 286 g/mol. The van der Waals surface area contributed by atoms with Crippen LogP contribution in [-0.4, -0.2) is 9.55 Å². The molecule has 0 radical (unpaired) electrons. The van der Waals surface area contributed by atoms with Gasteiger partial charge in [-0.3, -0.25) is 0 Å². The molecular formula is C16H18F2N4. The van der Waals surface area contributed by atoms with Gasteiger partial charge in [-0.25, -0.2) is 13.8 Å². The van der Waals surface area contributed by atoms with E-state index in [4.69, 9.17) is 11.5 Å². The molecule has 0 unspecified atom stereocenters. The van der Waals surface area contributed by atoms with E-state index in [1.165, 1.54) is 6.20 Å². The van der Waals surface area contributed by atoms with Crippen molar-refractivity contribution in [1.82, 2.24) is 9.55 Å². The van der Waals surface area contributed by atoms with Gasteiger partial charge >= 0.3 is 0 Å². The quantitative estimate of drug-likeness (QED) is 0.853. The molecule has 4 nitrogen and oxygen atoms in total. The van der Waals surface area contributed by atoms with Gasteiger partial charge in [0.05, 0.1) is 11.0 Å². The van der Waals surface area contributed by atoms with Crippen LogP contribution in [0.1, 0.15) is 25.6 Å². The number of fused-ring (bicyclic) bond motifs is 1. The number of halogens is 2. The zero-order chi connectivity index (χ0) is 15.9. The zero-order valence-corrected chi connectivity index (χ0v) is 12.3. The van der Waals surface area contributed by atoms with Crippen LogP contribution >= 0.6 is 0 Å². The number of benzene rings is 1. The zero-order valence-electron chi connectivity index (χ0n) is 12.3. The van der Waals surface area contributed by atoms with Gasteiger partial charge in [-0.05, 0) is 31.8 Å². The molecule has 0 aliphatic heterocycles. The molecule has 6 heteroatoms. The average molecular weight is 304 g/mol. The summed E-state index contributed by atoms with van der Waals surface area (Å²) in [7, 11) is 0. The highest BCUT2D eigenvalue weighted by Crippen LogP contribution is 2.35. The number of nitrogens with zero attached hydrogens (tertiary/aromatic N) is 2. The normalized spacial score (nSPS) is 16.5. The molecule has 2 aromatic rings. The number of aryl methyl sites for hydroxylation is 1. The summed E-state index contributed by atoms with van der Waals surface area (Å²) in [5, 5.41) is 0. The third-order valence-electron chi connectivity index (χ3n) is 3.92. The van der Waals surface area contributed by atoms with E-state index >= 15 is 0 Å². The van der Waals surface area contributed by atoms with E-state index in [0.717, 1.165) is 30.7 Å². The van der Waals surface area contributed by atoms with Crippen LogP contribution in [0.2, 0.25) is 0 Å². The summed E-state index contributed by atoms with van der Waals surface area (Å²) in [6.07, 6.45) is 5.40. The minimum Gasteiger partial charge on any atom is -0.404 e. The first-order chi connectivity index (χ1) is 10.5. The van der Waals surface area contributed by atoms with Crippen LogP contribution in [0.5, 0.6) is 0 Å². The standard InChI is InChI=1S/C16H18F2N4/c1-2-22-15-7-12(18)11(17)6-14(15)21-16(22)10(8-19)5-13(20)9-3-4-9/h5-9H,2-4,19-20H2,1H3/b10-8+,13-5-. The topological polar surface area (TPSA) is 69.9 Å². The van der Waals surface area contributed by atoms with Crippen molar-refractivity contribution in [2.45, 2.75) is 26.3 Å². The molecule has 1 aromatic heterocycles. The van der Waals surface area contributed by atoms with E-state index in [0.29, 0.717) is 34.9 Å². The monoisotopic (exact) mass is 304 g/mol. The van der Waals surface area contributed by atoms with Crippen molar-refractivity contribution in [3.05, 3.63) is 47.6 Å². The van der Waals surface area contributed by atoms with Crippen molar-refractivity contribution in [3.63, 3.8) is 0 Å². The maximum absolute atomic E-state index is 13.5. The molecule has 116 valence electrons. The highest BCUT2D eigenvalue weighted by atomic mass is 19.2. The summed E-state index contributed by atoms with van der Waals surface area (Å²) < 4.78 is 28.7. The molecule has 1 aliphatic carbocycles. The lowest BCUT2D eigenvalue weighted by Crippen LogP contribution is -2.05. The van der Waals surface area contributed by atoms with Gasteiger partial charge in [-0.2, -0.15) is 0 Å². The average Bonchev–Trinajstić information content (AvgIpc) is 3.28. The number of hydrogen-bond donors (Lipinski definition) is 2. The third kappa shape index (κ3) is 2.45. The van der Waals surface area contributed by atoms with Gasteiger partial charge in [0.25, 0.3) is 0 Å². The van der Waals surface area contributed by atoms with Gasteiger partial charge in [-0.1, -0.05) is 0 Å². The SMILES string of the molecule is CCn1c(C(/C=C(\N)C2CC2)=C/N)nc2cc(F)c(F)cc21. The van der Waals surface area contributed by atoms with Crippen LogP contribution in [0.15, 0.2) is 30.1 Å². The Hall–Kier alpha value is -2.37. The fraction of sp³-hybridized carbons (Fsp3) is 0.312. The van der Waals surface area contributed by atoms with Crippen molar-refractivity contribution in [1.29, 1.82) is 0 Å². The number of rotatable bonds is 4. The Morgan fingerprint density at radius 2 is 2.05 bits per heavy atom. The first kappa shape index (κ1) is 14.6. The van der Waals surface area contributed by atoms with Gasteiger partial charge in [0.15, 0.2) is 11.6 Å². The highest BCUT2D eigenvalue weighted by molar-refractivity contribution is 5.82. The van der Waals surface area contributed by atoms with Gasteiger partial charge in [0.1, 0.15) is 5.82 Å². The largest absolute Gasteiger partial charge is 0.404 e. The Balaban J connectivity index is 2.14. The molecule has 0 saturated heterocycles. The molecule has 1 heterocycles. The summed E-state index contributed by atoms with van der Waals surface area (Å²) in [4.78, 5) is 4.40. The molecule has 1 saturated carbocycles. The summed E-state index contributed by atoms with van der Waals surface area (Å²) in [6, 6.07) is 2.26. The first-order valence-electron chi connectivity index (χ1n) is 7.29. The Bertz CT molecular complexity index is 785. The van der Waals surface area contributed by atoms with E-state index in [1.807, 2.05) is 6.92 Å². The van der Waals surface area contributed by atoms with E-state index in [9.17, 15) is 8.78 Å². The minimum absolute atomic E-state index is 0.397. The van der Waals surface area contributed by atoms with Crippen LogP contribution in [0.4, 0.5) is 8.78 Å². The molecule has 0 spiro atoms. The molecule has 1 fully saturated rings. The van der Waals surface area contributed by atoms with Crippen LogP contribution in [0.3, 0.4) is 0 Å². The van der Waals surface area contributed by atoms with E-state index in [2.05, 4.69) is 4.98 Å². The maximum Gasteiger partial charge on any atom is 0.161 e. The number of hydrogen-bond acceptors (Lipinski definition) is 3. The Morgan fingerprint density at radius 3 is 2.64 bits per heavy atom. The molecule has 0 amide bonds. The molecule has 3 rings (SSSR count). The second kappa shape index (κ2) is 5.44. The van der Waals surface area contributed by atoms with Crippen LogP contribution in [-0.2, 0) is 6.54 Å². The fourth-order valence-electron chi connectivity index (χ4n) is 2.56. The summed E-state index contributed by atoms with van der Waals surface area (Å²) in [5.74, 6) is -0.830. The van der Waals surface area contributed by atoms with Crippen molar-refractivity contribution in [2.24, 2.45) is 17.4 Å². The van der Waals surface area contributed by atoms with Gasteiger partial charge in [0, 0.05) is 36.1 Å². The first-order valence-corrected chi connectivity index (χ1v) is 7.29. The second-order valence-corrected chi connectivity index (χ2v) is 5.48. The minimum atomic E-state index is -0.911. The van der Waals surface area contributed by atoms with Gasteiger partial charge in [0.2, 0.25) is 0 Å². The van der Waals surface area contributed by atoms with Crippen LogP contribution in [0, 0.1) is 17.6 Å². The summed E-state index contributed by atoms with van der Waals surface area (Å²) in [6.45, 7) is 2.47. The van der Waals surface area contributed by atoms with Crippen molar-refractivity contribution >= 4 is 16.6 Å². The Morgan fingerprint density at radius 1 is 1.36 bits per heavy atom. The van der Waals surface area contributed by atoms with Crippen LogP contribution < -0.4 is 11.5 Å². The third-order valence-corrected chi connectivity index (χ3v) is 3.92. The molecule has 1 aromatic carbocycles. The van der Waals surface area contributed by atoms with E-state index in [1.54, 1.807) is 10.6 Å². The summed E-state index contributed by atoms with van der Waals surface area (Å²) in [5.41, 5.74) is 14.1. The number of allylic oxidation sites excluding steroid dienone is 3. The molecule has 1 aliphatic rings. The van der Waals surface area contributed by atoms with Crippen molar-refractivity contribution in [2.75, 3.05) is 0 Å². The number of nitrogens with two attached hydrogens (primary N) is 2. The highest BCUT2D eigenvalue weighted by Gasteiger charge is 2.25. The predicted molar refractivity (Wildman–Crippen MR) is 82.5 cm³/mol. The molecule has 0 bridgehead atoms.